The van der Waals surface area contributed by atoms with Gasteiger partial charge in [0.15, 0.2) is 0 Å². The van der Waals surface area contributed by atoms with E-state index in [1.54, 1.807) is 6.92 Å². The third-order valence-electron chi connectivity index (χ3n) is 4.89. The molecule has 0 unspecified atom stereocenters. The Bertz CT molecular complexity index is 575. The van der Waals surface area contributed by atoms with Crippen LogP contribution in [0.5, 0.6) is 0 Å². The average molecular weight is 455 g/mol. The molecule has 0 aliphatic heterocycles. The van der Waals surface area contributed by atoms with Crippen LogP contribution in [0.2, 0.25) is 0 Å². The molecule has 1 N–H and O–H groups in total. The van der Waals surface area contributed by atoms with Gasteiger partial charge in [-0.3, -0.25) is 4.55 Å². The molecule has 0 heterocycles. The van der Waals surface area contributed by atoms with E-state index in [4.69, 9.17) is 23.5 Å². The summed E-state index contributed by atoms with van der Waals surface area (Å²) in [5, 5.41) is 0. The van der Waals surface area contributed by atoms with Crippen molar-refractivity contribution in [2.24, 2.45) is 0 Å². The second kappa shape index (κ2) is 16.6. The molecule has 0 saturated heterocycles. The van der Waals surface area contributed by atoms with Gasteiger partial charge in [-0.15, -0.1) is 0 Å². The summed E-state index contributed by atoms with van der Waals surface area (Å²) in [5.41, 5.74) is 0.365. The summed E-state index contributed by atoms with van der Waals surface area (Å²) in [6, 6.07) is 0. The maximum atomic E-state index is 11.2. The molecular weight excluding hydrogens is 414 g/mol. The Balaban J connectivity index is 3.71. The van der Waals surface area contributed by atoms with E-state index >= 15 is 0 Å². The van der Waals surface area contributed by atoms with Crippen molar-refractivity contribution in [1.82, 2.24) is 0 Å². The van der Waals surface area contributed by atoms with Crippen LogP contribution in [0.25, 0.3) is 0 Å². The first-order chi connectivity index (χ1) is 14.2. The van der Waals surface area contributed by atoms with Crippen LogP contribution in [0.3, 0.4) is 0 Å². The maximum absolute atomic E-state index is 11.2. The predicted octanol–water partition coefficient (Wildman–Crippen LogP) is 1.68. The molecule has 178 valence electrons. The van der Waals surface area contributed by atoms with Crippen molar-refractivity contribution in [3.8, 4) is 0 Å². The molecule has 0 aliphatic rings. The number of hydrogen-bond donors (Lipinski definition) is 1. The van der Waals surface area contributed by atoms with Gasteiger partial charge in [-0.25, -0.2) is 4.79 Å². The zero-order chi connectivity index (χ0) is 22.9. The molecule has 0 saturated carbocycles. The van der Waals surface area contributed by atoms with Crippen LogP contribution in [0.4, 0.5) is 0 Å². The van der Waals surface area contributed by atoms with Crippen molar-refractivity contribution in [2.75, 3.05) is 78.2 Å². The molecule has 0 aromatic rings. The molecule has 0 aliphatic carbocycles. The first-order valence-corrected chi connectivity index (χ1v) is 12.1. The van der Waals surface area contributed by atoms with Gasteiger partial charge in [0.2, 0.25) is 0 Å². The Morgan fingerprint density at radius 3 is 1.83 bits per heavy atom. The highest BCUT2D eigenvalue weighted by Crippen LogP contribution is 2.10. The van der Waals surface area contributed by atoms with E-state index in [1.807, 2.05) is 0 Å². The SMILES string of the molecule is C=C(C)C(=O)OCCOCCOCCOCC[N+](CC)(CC)CCCCS(=O)(=O)O. The minimum atomic E-state index is -3.88. The van der Waals surface area contributed by atoms with Crippen LogP contribution in [0, 0.1) is 0 Å². The fourth-order valence-electron chi connectivity index (χ4n) is 2.82. The van der Waals surface area contributed by atoms with Crippen molar-refractivity contribution in [2.45, 2.75) is 33.6 Å². The molecule has 0 fully saturated rings. The minimum Gasteiger partial charge on any atom is -0.460 e. The maximum Gasteiger partial charge on any atom is 0.333 e. The molecule has 30 heavy (non-hydrogen) atoms. The molecule has 0 rings (SSSR count). The third kappa shape index (κ3) is 15.8. The summed E-state index contributed by atoms with van der Waals surface area (Å²) in [4.78, 5) is 11.2. The fraction of sp³-hybridized carbons (Fsp3) is 0.850. The number of carbonyl (C=O) groups excluding carboxylic acids is 1. The zero-order valence-corrected chi connectivity index (χ0v) is 19.6. The van der Waals surface area contributed by atoms with Gasteiger partial charge in [-0.2, -0.15) is 8.42 Å². The highest BCUT2D eigenvalue weighted by atomic mass is 32.2. The van der Waals surface area contributed by atoms with Gasteiger partial charge in [-0.1, -0.05) is 6.58 Å². The van der Waals surface area contributed by atoms with Gasteiger partial charge in [-0.05, 0) is 33.6 Å². The van der Waals surface area contributed by atoms with Crippen molar-refractivity contribution in [1.29, 1.82) is 0 Å². The number of ether oxygens (including phenoxy) is 4. The van der Waals surface area contributed by atoms with Gasteiger partial charge >= 0.3 is 5.97 Å². The number of rotatable bonds is 20. The molecule has 0 bridgehead atoms. The highest BCUT2D eigenvalue weighted by Gasteiger charge is 2.22. The number of hydrogen-bond acceptors (Lipinski definition) is 7. The predicted molar refractivity (Wildman–Crippen MR) is 115 cm³/mol. The Kier molecular flexibility index (Phi) is 16.1. The van der Waals surface area contributed by atoms with Gasteiger partial charge < -0.3 is 23.4 Å². The lowest BCUT2D eigenvalue weighted by atomic mass is 10.2. The number of carbonyl (C=O) groups is 1. The second-order valence-corrected chi connectivity index (χ2v) is 8.74. The molecule has 0 aromatic carbocycles. The van der Waals surface area contributed by atoms with Crippen LogP contribution < -0.4 is 0 Å². The average Bonchev–Trinajstić information content (AvgIpc) is 2.69. The molecular formula is C20H40NO8S+. The third-order valence-corrected chi connectivity index (χ3v) is 5.69. The van der Waals surface area contributed by atoms with Crippen LogP contribution in [-0.4, -0.2) is 102 Å². The summed E-state index contributed by atoms with van der Waals surface area (Å²) < 4.78 is 52.6. The standard InChI is InChI=1S/C20H39NO8S/c1-5-21(6-2,9-7-8-18-30(23,24)25)10-11-26-12-13-27-14-15-28-16-17-29-20(22)19(3)4/h3,5-18H2,1-2,4H3/p+1. The summed E-state index contributed by atoms with van der Waals surface area (Å²) in [6.45, 7) is 15.9. The van der Waals surface area contributed by atoms with E-state index in [9.17, 15) is 13.2 Å². The van der Waals surface area contributed by atoms with Crippen molar-refractivity contribution < 1.29 is 41.2 Å². The molecule has 9 nitrogen and oxygen atoms in total. The van der Waals surface area contributed by atoms with Crippen LogP contribution >= 0.6 is 0 Å². The number of nitrogens with zero attached hydrogens (tertiary/aromatic N) is 1. The Hall–Kier alpha value is -1.04. The van der Waals surface area contributed by atoms with Gasteiger partial charge in [0.05, 0.1) is 65.0 Å². The molecule has 10 heteroatoms. The first-order valence-electron chi connectivity index (χ1n) is 10.5. The summed E-state index contributed by atoms with van der Waals surface area (Å²) in [5.74, 6) is -0.601. The summed E-state index contributed by atoms with van der Waals surface area (Å²) in [7, 11) is -3.88. The Morgan fingerprint density at radius 2 is 1.37 bits per heavy atom. The second-order valence-electron chi connectivity index (χ2n) is 7.17. The van der Waals surface area contributed by atoms with E-state index < -0.39 is 16.1 Å². The molecule has 0 aromatic heterocycles. The van der Waals surface area contributed by atoms with Crippen LogP contribution in [0.1, 0.15) is 33.6 Å². The van der Waals surface area contributed by atoms with Crippen molar-refractivity contribution >= 4 is 16.1 Å². The summed E-state index contributed by atoms with van der Waals surface area (Å²) in [6.07, 6.45) is 1.21. The summed E-state index contributed by atoms with van der Waals surface area (Å²) >= 11 is 0. The van der Waals surface area contributed by atoms with Crippen molar-refractivity contribution in [3.63, 3.8) is 0 Å². The van der Waals surface area contributed by atoms with E-state index in [0.717, 1.165) is 37.1 Å². The Morgan fingerprint density at radius 1 is 0.867 bits per heavy atom. The quantitative estimate of drug-likeness (QED) is 0.0973. The van der Waals surface area contributed by atoms with E-state index in [1.165, 1.54) is 0 Å². The van der Waals surface area contributed by atoms with E-state index in [0.29, 0.717) is 51.6 Å². The zero-order valence-electron chi connectivity index (χ0n) is 18.8. The van der Waals surface area contributed by atoms with Crippen LogP contribution in [0.15, 0.2) is 12.2 Å². The van der Waals surface area contributed by atoms with Crippen molar-refractivity contribution in [3.05, 3.63) is 12.2 Å². The topological polar surface area (TPSA) is 108 Å². The number of likely N-dealkylation sites (N-methyl/N-ethyl adjacent to an activating group) is 1. The molecule has 0 amide bonds. The fourth-order valence-corrected chi connectivity index (χ4v) is 3.39. The lowest BCUT2D eigenvalue weighted by Gasteiger charge is -2.37. The number of quaternary nitrogens is 1. The molecule has 0 atom stereocenters. The monoisotopic (exact) mass is 454 g/mol. The lowest BCUT2D eigenvalue weighted by Crippen LogP contribution is -2.50. The molecule has 0 spiro atoms. The van der Waals surface area contributed by atoms with Gasteiger partial charge in [0, 0.05) is 5.57 Å². The normalized spacial score (nSPS) is 12.1. The van der Waals surface area contributed by atoms with Gasteiger partial charge in [0.1, 0.15) is 13.2 Å². The van der Waals surface area contributed by atoms with Gasteiger partial charge in [0.25, 0.3) is 10.1 Å². The van der Waals surface area contributed by atoms with Crippen LogP contribution in [-0.2, 0) is 33.9 Å². The first kappa shape index (κ1) is 29.0. The van der Waals surface area contributed by atoms with E-state index in [2.05, 4.69) is 20.4 Å². The number of esters is 1. The Labute approximate surface area is 181 Å². The smallest absolute Gasteiger partial charge is 0.333 e. The minimum absolute atomic E-state index is 0.183. The van der Waals surface area contributed by atoms with E-state index in [-0.39, 0.29) is 12.4 Å². The highest BCUT2D eigenvalue weighted by molar-refractivity contribution is 7.85. The number of unbranched alkanes of at least 4 members (excludes halogenated alkanes) is 1. The largest absolute Gasteiger partial charge is 0.460 e. The molecule has 0 radical (unpaired) electrons. The lowest BCUT2D eigenvalue weighted by molar-refractivity contribution is -0.925.